The van der Waals surface area contributed by atoms with E-state index in [2.05, 4.69) is 0 Å². The van der Waals surface area contributed by atoms with Gasteiger partial charge in [0.25, 0.3) is 0 Å². The van der Waals surface area contributed by atoms with E-state index in [0.717, 1.165) is 33.2 Å². The van der Waals surface area contributed by atoms with E-state index in [4.69, 9.17) is 9.15 Å². The van der Waals surface area contributed by atoms with Crippen molar-refractivity contribution in [1.29, 1.82) is 0 Å². The minimum absolute atomic E-state index is 0.329. The summed E-state index contributed by atoms with van der Waals surface area (Å²) in [5.41, 5.74) is 5.00. The number of carbonyl (C=O) groups excluding carboxylic acids is 1. The minimum Gasteiger partial charge on any atom is -0.423 e. The van der Waals surface area contributed by atoms with Crippen molar-refractivity contribution in [3.05, 3.63) is 99.4 Å². The van der Waals surface area contributed by atoms with Gasteiger partial charge in [-0.3, -0.25) is 0 Å². The first-order valence-electron chi connectivity index (χ1n) is 9.36. The summed E-state index contributed by atoms with van der Waals surface area (Å²) in [5, 5.41) is 0.776. The molecule has 0 aliphatic rings. The standard InChI is InChI=1S/C25H20O4/c1-15-11-16(2)24(17(3)12-15)25(27)28-19-9-10-20-21(18-7-5-4-6-8-18)14-23(26)29-22(20)13-19/h4-14H,1-3H3. The third-order valence-corrected chi connectivity index (χ3v) is 4.89. The summed E-state index contributed by atoms with van der Waals surface area (Å²) in [7, 11) is 0. The maximum Gasteiger partial charge on any atom is 0.344 e. The van der Waals surface area contributed by atoms with Crippen LogP contribution in [0.1, 0.15) is 27.0 Å². The first-order valence-corrected chi connectivity index (χ1v) is 9.36. The van der Waals surface area contributed by atoms with Crippen molar-refractivity contribution in [3.8, 4) is 16.9 Å². The Balaban J connectivity index is 1.74. The van der Waals surface area contributed by atoms with Crippen LogP contribution in [0.2, 0.25) is 0 Å². The highest BCUT2D eigenvalue weighted by Gasteiger charge is 2.16. The minimum atomic E-state index is -0.454. The van der Waals surface area contributed by atoms with Gasteiger partial charge in [-0.2, -0.15) is 0 Å². The van der Waals surface area contributed by atoms with E-state index in [1.807, 2.05) is 63.2 Å². The highest BCUT2D eigenvalue weighted by Crippen LogP contribution is 2.30. The quantitative estimate of drug-likeness (QED) is 0.262. The number of hydrogen-bond acceptors (Lipinski definition) is 4. The zero-order valence-corrected chi connectivity index (χ0v) is 16.5. The molecule has 0 aliphatic carbocycles. The molecule has 0 radical (unpaired) electrons. The zero-order valence-electron chi connectivity index (χ0n) is 16.5. The van der Waals surface area contributed by atoms with E-state index in [9.17, 15) is 9.59 Å². The maximum absolute atomic E-state index is 12.7. The number of rotatable bonds is 3. The molecule has 0 saturated heterocycles. The normalized spacial score (nSPS) is 10.9. The summed E-state index contributed by atoms with van der Waals surface area (Å²) in [6, 6.07) is 20.1. The zero-order chi connectivity index (χ0) is 20.5. The monoisotopic (exact) mass is 384 g/mol. The molecule has 0 N–H and O–H groups in total. The number of benzene rings is 3. The van der Waals surface area contributed by atoms with Gasteiger partial charge < -0.3 is 9.15 Å². The van der Waals surface area contributed by atoms with Gasteiger partial charge in [-0.1, -0.05) is 48.0 Å². The van der Waals surface area contributed by atoms with Crippen molar-refractivity contribution in [3.63, 3.8) is 0 Å². The molecule has 0 saturated carbocycles. The van der Waals surface area contributed by atoms with Crippen LogP contribution in [0, 0.1) is 20.8 Å². The van der Waals surface area contributed by atoms with E-state index in [0.29, 0.717) is 16.9 Å². The summed E-state index contributed by atoms with van der Waals surface area (Å²) in [6.07, 6.45) is 0. The molecule has 0 atom stereocenters. The van der Waals surface area contributed by atoms with E-state index >= 15 is 0 Å². The molecule has 1 aromatic heterocycles. The molecule has 0 fully saturated rings. The summed E-state index contributed by atoms with van der Waals surface area (Å²) in [6.45, 7) is 5.77. The summed E-state index contributed by atoms with van der Waals surface area (Å²) < 4.78 is 11.0. The highest BCUT2D eigenvalue weighted by molar-refractivity contribution is 5.96. The Bertz CT molecular complexity index is 1260. The molecular weight excluding hydrogens is 364 g/mol. The summed E-state index contributed by atoms with van der Waals surface area (Å²) in [5.74, 6) is -0.101. The van der Waals surface area contributed by atoms with Crippen LogP contribution in [0.15, 0.2) is 75.9 Å². The second-order valence-corrected chi connectivity index (χ2v) is 7.17. The number of ether oxygens (including phenoxy) is 1. The van der Waals surface area contributed by atoms with Gasteiger partial charge >= 0.3 is 11.6 Å². The number of fused-ring (bicyclic) bond motifs is 1. The molecule has 4 nitrogen and oxygen atoms in total. The molecule has 29 heavy (non-hydrogen) atoms. The number of aryl methyl sites for hydroxylation is 3. The van der Waals surface area contributed by atoms with Crippen LogP contribution in [-0.4, -0.2) is 5.97 Å². The molecule has 3 aromatic carbocycles. The first-order chi connectivity index (χ1) is 13.9. The maximum atomic E-state index is 12.7. The van der Waals surface area contributed by atoms with Crippen molar-refractivity contribution >= 4 is 16.9 Å². The predicted molar refractivity (Wildman–Crippen MR) is 114 cm³/mol. The average Bonchev–Trinajstić information content (AvgIpc) is 2.67. The summed E-state index contributed by atoms with van der Waals surface area (Å²) >= 11 is 0. The lowest BCUT2D eigenvalue weighted by atomic mass is 10.00. The lowest BCUT2D eigenvalue weighted by Gasteiger charge is -2.12. The van der Waals surface area contributed by atoms with Crippen LogP contribution < -0.4 is 10.4 Å². The molecular formula is C25H20O4. The van der Waals surface area contributed by atoms with Crippen LogP contribution >= 0.6 is 0 Å². The molecule has 0 aliphatic heterocycles. The Kier molecular flexibility index (Phi) is 4.77. The van der Waals surface area contributed by atoms with Crippen LogP contribution in [-0.2, 0) is 0 Å². The molecule has 0 spiro atoms. The SMILES string of the molecule is Cc1cc(C)c(C(=O)Oc2ccc3c(-c4ccccc4)cc(=O)oc3c2)c(C)c1. The number of carbonyl (C=O) groups is 1. The van der Waals surface area contributed by atoms with Crippen molar-refractivity contribution in [2.45, 2.75) is 20.8 Å². The van der Waals surface area contributed by atoms with Gasteiger partial charge in [0, 0.05) is 17.5 Å². The number of esters is 1. The Hall–Kier alpha value is -3.66. The van der Waals surface area contributed by atoms with Gasteiger partial charge in [-0.05, 0) is 55.2 Å². The smallest absolute Gasteiger partial charge is 0.344 e. The topological polar surface area (TPSA) is 56.5 Å². The third-order valence-electron chi connectivity index (χ3n) is 4.89. The van der Waals surface area contributed by atoms with Crippen molar-refractivity contribution < 1.29 is 13.9 Å². The van der Waals surface area contributed by atoms with Crippen molar-refractivity contribution in [2.75, 3.05) is 0 Å². The Morgan fingerprint density at radius 3 is 2.24 bits per heavy atom. The molecule has 4 rings (SSSR count). The first kappa shape index (κ1) is 18.7. The fourth-order valence-corrected chi connectivity index (χ4v) is 3.72. The predicted octanol–water partition coefficient (Wildman–Crippen LogP) is 5.60. The highest BCUT2D eigenvalue weighted by atomic mass is 16.5. The largest absolute Gasteiger partial charge is 0.423 e. The molecule has 1 heterocycles. The van der Waals surface area contributed by atoms with Gasteiger partial charge in [0.1, 0.15) is 11.3 Å². The molecule has 0 bridgehead atoms. The molecule has 144 valence electrons. The average molecular weight is 384 g/mol. The van der Waals surface area contributed by atoms with Gasteiger partial charge in [0.2, 0.25) is 0 Å². The Labute approximate surface area is 168 Å². The van der Waals surface area contributed by atoms with E-state index < -0.39 is 11.6 Å². The Morgan fingerprint density at radius 1 is 0.862 bits per heavy atom. The van der Waals surface area contributed by atoms with Crippen LogP contribution in [0.5, 0.6) is 5.75 Å². The lowest BCUT2D eigenvalue weighted by molar-refractivity contribution is 0.0733. The van der Waals surface area contributed by atoms with Crippen LogP contribution in [0.4, 0.5) is 0 Å². The second kappa shape index (κ2) is 7.40. The van der Waals surface area contributed by atoms with Gasteiger partial charge in [-0.15, -0.1) is 0 Å². The molecule has 4 aromatic rings. The lowest BCUT2D eigenvalue weighted by Crippen LogP contribution is -2.12. The number of hydrogen-bond donors (Lipinski definition) is 0. The summed E-state index contributed by atoms with van der Waals surface area (Å²) in [4.78, 5) is 24.8. The fourth-order valence-electron chi connectivity index (χ4n) is 3.72. The third kappa shape index (κ3) is 3.69. The van der Waals surface area contributed by atoms with Gasteiger partial charge in [0.15, 0.2) is 0 Å². The van der Waals surface area contributed by atoms with Gasteiger partial charge in [-0.25, -0.2) is 9.59 Å². The molecule has 0 amide bonds. The van der Waals surface area contributed by atoms with E-state index in [1.165, 1.54) is 6.07 Å². The van der Waals surface area contributed by atoms with E-state index in [1.54, 1.807) is 18.2 Å². The van der Waals surface area contributed by atoms with Gasteiger partial charge in [0.05, 0.1) is 5.56 Å². The molecule has 4 heteroatoms. The second-order valence-electron chi connectivity index (χ2n) is 7.17. The fraction of sp³-hybridized carbons (Fsp3) is 0.120. The van der Waals surface area contributed by atoms with Crippen molar-refractivity contribution in [1.82, 2.24) is 0 Å². The van der Waals surface area contributed by atoms with Crippen molar-refractivity contribution in [2.24, 2.45) is 0 Å². The van der Waals surface area contributed by atoms with Crippen LogP contribution in [0.25, 0.3) is 22.1 Å². The van der Waals surface area contributed by atoms with E-state index in [-0.39, 0.29) is 0 Å². The molecule has 0 unspecified atom stereocenters. The Morgan fingerprint density at radius 2 is 1.55 bits per heavy atom. The van der Waals surface area contributed by atoms with Crippen LogP contribution in [0.3, 0.4) is 0 Å².